The van der Waals surface area contributed by atoms with Crippen LogP contribution in [0.1, 0.15) is 74.1 Å². The zero-order valence-electron chi connectivity index (χ0n) is 16.3. The van der Waals surface area contributed by atoms with Gasteiger partial charge in [-0.05, 0) is 48.0 Å². The van der Waals surface area contributed by atoms with Gasteiger partial charge in [-0.3, -0.25) is 4.79 Å². The minimum absolute atomic E-state index is 0.0290. The zero-order valence-corrected chi connectivity index (χ0v) is 17.1. The van der Waals surface area contributed by atoms with Crippen molar-refractivity contribution < 1.29 is 26.9 Å². The molecule has 0 aliphatic rings. The van der Waals surface area contributed by atoms with Crippen LogP contribution in [0.3, 0.4) is 0 Å². The predicted octanol–water partition coefficient (Wildman–Crippen LogP) is 4.51. The van der Waals surface area contributed by atoms with Gasteiger partial charge in [0.05, 0.1) is 21.7 Å². The summed E-state index contributed by atoms with van der Waals surface area (Å²) >= 11 is 0. The van der Waals surface area contributed by atoms with Crippen LogP contribution >= 0.6 is 0 Å². The van der Waals surface area contributed by atoms with Crippen LogP contribution in [-0.2, 0) is 20.5 Å². The van der Waals surface area contributed by atoms with Crippen molar-refractivity contribution in [3.05, 3.63) is 0 Å². The Morgan fingerprint density at radius 1 is 1.08 bits per heavy atom. The number of carbonyl (C=O) groups is 1. The van der Waals surface area contributed by atoms with Crippen LogP contribution in [0, 0.1) is 5.92 Å². The third-order valence-electron chi connectivity index (χ3n) is 3.37. The number of hydrogen-bond acceptors (Lipinski definition) is 3. The molecule has 0 aromatic rings. The van der Waals surface area contributed by atoms with E-state index in [1.807, 2.05) is 6.92 Å². The van der Waals surface area contributed by atoms with Crippen LogP contribution in [0.5, 0.6) is 0 Å². The van der Waals surface area contributed by atoms with Crippen molar-refractivity contribution in [3.63, 3.8) is 0 Å². The van der Waals surface area contributed by atoms with Gasteiger partial charge in [0, 0.05) is 0 Å². The van der Waals surface area contributed by atoms with Gasteiger partial charge in [-0.2, -0.15) is 13.2 Å². The predicted molar refractivity (Wildman–Crippen MR) is 94.4 cm³/mol. The fourth-order valence-electron chi connectivity index (χ4n) is 2.08. The van der Waals surface area contributed by atoms with Crippen LogP contribution in [0.15, 0.2) is 0 Å². The summed E-state index contributed by atoms with van der Waals surface area (Å²) in [6, 6.07) is -2.21. The van der Waals surface area contributed by atoms with E-state index in [0.717, 1.165) is 6.42 Å². The minimum atomic E-state index is -4.71. The van der Waals surface area contributed by atoms with Crippen molar-refractivity contribution in [2.45, 2.75) is 96.7 Å². The summed E-state index contributed by atoms with van der Waals surface area (Å²) in [5.41, 5.74) is -0.889. The first-order valence-corrected chi connectivity index (χ1v) is 9.72. The van der Waals surface area contributed by atoms with E-state index in [9.17, 15) is 22.2 Å². The van der Waals surface area contributed by atoms with Crippen molar-refractivity contribution in [1.82, 2.24) is 4.72 Å². The molecule has 0 aliphatic heterocycles. The number of rotatable bonds is 8. The van der Waals surface area contributed by atoms with E-state index in [4.69, 9.17) is 4.74 Å². The van der Waals surface area contributed by atoms with Crippen LogP contribution in [0.4, 0.5) is 13.2 Å². The number of halogens is 3. The van der Waals surface area contributed by atoms with E-state index in [1.165, 1.54) is 0 Å². The Morgan fingerprint density at radius 2 is 1.60 bits per heavy atom. The van der Waals surface area contributed by atoms with Gasteiger partial charge in [-0.15, -0.1) is 0 Å². The summed E-state index contributed by atoms with van der Waals surface area (Å²) in [6.45, 7) is 11.5. The molecule has 25 heavy (non-hydrogen) atoms. The molecule has 0 radical (unpaired) electrons. The third kappa shape index (κ3) is 9.58. The molecule has 0 bridgehead atoms. The summed E-state index contributed by atoms with van der Waals surface area (Å²) < 4.78 is 59.5. The highest BCUT2D eigenvalue weighted by molar-refractivity contribution is 7.84. The van der Waals surface area contributed by atoms with Gasteiger partial charge < -0.3 is 4.74 Å². The Labute approximate surface area is 151 Å². The monoisotopic (exact) mass is 387 g/mol. The maximum atomic E-state index is 13.6. The molecule has 0 unspecified atom stereocenters. The Morgan fingerprint density at radius 3 is 1.96 bits per heavy atom. The molecule has 0 spiro atoms. The van der Waals surface area contributed by atoms with Crippen molar-refractivity contribution in [3.8, 4) is 0 Å². The topological polar surface area (TPSA) is 55.4 Å². The molecule has 0 rings (SSSR count). The number of esters is 1. The quantitative estimate of drug-likeness (QED) is 0.493. The molecule has 0 aliphatic carbocycles. The van der Waals surface area contributed by atoms with Gasteiger partial charge in [-0.1, -0.05) is 26.2 Å². The van der Waals surface area contributed by atoms with Crippen molar-refractivity contribution in [2.24, 2.45) is 5.92 Å². The molecule has 0 aromatic heterocycles. The van der Waals surface area contributed by atoms with Gasteiger partial charge in [0.15, 0.2) is 0 Å². The molecule has 3 atom stereocenters. The average molecular weight is 388 g/mol. The second-order valence-corrected chi connectivity index (χ2v) is 10.2. The highest BCUT2D eigenvalue weighted by Crippen LogP contribution is 2.32. The zero-order chi connectivity index (χ0) is 20.1. The lowest BCUT2D eigenvalue weighted by molar-refractivity contribution is -0.185. The molecule has 0 saturated carbocycles. The van der Waals surface area contributed by atoms with Crippen LogP contribution in [0.25, 0.3) is 0 Å². The first kappa shape index (κ1) is 24.4. The molecule has 0 amide bonds. The van der Waals surface area contributed by atoms with Gasteiger partial charge in [-0.25, -0.2) is 8.93 Å². The second kappa shape index (κ2) is 9.35. The van der Waals surface area contributed by atoms with E-state index in [-0.39, 0.29) is 6.42 Å². The Bertz CT molecular complexity index is 454. The Hall–Kier alpha value is -0.630. The number of carbonyl (C=O) groups excluding carboxylic acids is 1. The van der Waals surface area contributed by atoms with Crippen LogP contribution in [-0.4, -0.2) is 32.7 Å². The lowest BCUT2D eigenvalue weighted by Gasteiger charge is -2.32. The molecule has 0 heterocycles. The largest absolute Gasteiger partial charge is 0.460 e. The van der Waals surface area contributed by atoms with E-state index in [2.05, 4.69) is 4.72 Å². The molecule has 1 N–H and O–H groups in total. The van der Waals surface area contributed by atoms with Crippen LogP contribution in [0.2, 0.25) is 0 Å². The van der Waals surface area contributed by atoms with Gasteiger partial charge in [0.1, 0.15) is 11.6 Å². The van der Waals surface area contributed by atoms with E-state index in [1.54, 1.807) is 41.5 Å². The molecular formula is C17H32F3NO3S. The normalized spacial score (nSPS) is 17.0. The van der Waals surface area contributed by atoms with Gasteiger partial charge in [0.25, 0.3) is 0 Å². The highest BCUT2D eigenvalue weighted by atomic mass is 32.2. The molecule has 150 valence electrons. The fourth-order valence-corrected chi connectivity index (χ4v) is 2.96. The molecule has 4 nitrogen and oxygen atoms in total. The Kier molecular flexibility index (Phi) is 9.11. The molecule has 8 heteroatoms. The number of alkyl halides is 3. The van der Waals surface area contributed by atoms with Crippen LogP contribution < -0.4 is 4.72 Å². The summed E-state index contributed by atoms with van der Waals surface area (Å²) in [4.78, 5) is 12.4. The summed E-state index contributed by atoms with van der Waals surface area (Å²) in [5.74, 6) is -2.35. The SMILES string of the molecule is CCCCC[C@H](C(=O)OC(C)(C)C)[C@H](N[S@@](=O)C(C)(C)C)C(F)(F)F. The first-order valence-electron chi connectivity index (χ1n) is 8.57. The maximum Gasteiger partial charge on any atom is 0.405 e. The summed E-state index contributed by atoms with van der Waals surface area (Å²) in [5, 5.41) is 0. The summed E-state index contributed by atoms with van der Waals surface area (Å²) in [7, 11) is -1.96. The van der Waals surface area contributed by atoms with E-state index in [0.29, 0.717) is 12.8 Å². The molecule has 0 saturated heterocycles. The van der Waals surface area contributed by atoms with Crippen molar-refractivity contribution in [2.75, 3.05) is 0 Å². The first-order chi connectivity index (χ1) is 11.1. The lowest BCUT2D eigenvalue weighted by atomic mass is 9.93. The van der Waals surface area contributed by atoms with Gasteiger partial charge in [0.2, 0.25) is 0 Å². The highest BCUT2D eigenvalue weighted by Gasteiger charge is 2.49. The lowest BCUT2D eigenvalue weighted by Crippen LogP contribution is -2.54. The van der Waals surface area contributed by atoms with E-state index < -0.39 is 45.4 Å². The number of ether oxygens (including phenoxy) is 1. The van der Waals surface area contributed by atoms with Gasteiger partial charge >= 0.3 is 12.1 Å². The standard InChI is InChI=1S/C17H32F3NO3S/c1-8-9-10-11-12(14(22)24-15(2,3)4)13(17(18,19)20)21-25(23)16(5,6)7/h12-13,21H,8-11H2,1-7H3/t12-,13-,25-/m0/s1. The summed E-state index contributed by atoms with van der Waals surface area (Å²) in [6.07, 6.45) is -2.68. The molecule has 0 fully saturated rings. The molecule has 0 aromatic carbocycles. The maximum absolute atomic E-state index is 13.6. The number of unbranched alkanes of at least 4 members (excludes halogenated alkanes) is 2. The molecular weight excluding hydrogens is 355 g/mol. The van der Waals surface area contributed by atoms with Crippen molar-refractivity contribution in [1.29, 1.82) is 0 Å². The van der Waals surface area contributed by atoms with E-state index >= 15 is 0 Å². The minimum Gasteiger partial charge on any atom is -0.460 e. The number of nitrogens with one attached hydrogen (secondary N) is 1. The third-order valence-corrected chi connectivity index (χ3v) is 4.95. The fraction of sp³-hybridized carbons (Fsp3) is 0.941. The van der Waals surface area contributed by atoms with Crippen molar-refractivity contribution >= 4 is 17.0 Å². The number of hydrogen-bond donors (Lipinski definition) is 1. The average Bonchev–Trinajstić information content (AvgIpc) is 2.37. The Balaban J connectivity index is 5.58. The smallest absolute Gasteiger partial charge is 0.405 e. The second-order valence-electron chi connectivity index (χ2n) is 8.15.